The summed E-state index contributed by atoms with van der Waals surface area (Å²) in [6.07, 6.45) is 1.64. The van der Waals surface area contributed by atoms with Gasteiger partial charge in [0, 0.05) is 11.9 Å². The molecule has 2 aromatic rings. The van der Waals surface area contributed by atoms with Gasteiger partial charge in [-0.25, -0.2) is 4.98 Å². The summed E-state index contributed by atoms with van der Waals surface area (Å²) in [6.45, 7) is 2.24. The number of amides is 1. The summed E-state index contributed by atoms with van der Waals surface area (Å²) in [5, 5.41) is 11.8. The van der Waals surface area contributed by atoms with Crippen molar-refractivity contribution in [1.82, 2.24) is 14.7 Å². The van der Waals surface area contributed by atoms with Gasteiger partial charge in [-0.05, 0) is 19.1 Å². The number of carboxylic acids is 1. The Morgan fingerprint density at radius 2 is 2.24 bits per heavy atom. The molecule has 1 fully saturated rings. The molecule has 1 saturated heterocycles. The Hall–Kier alpha value is -2.41. The minimum absolute atomic E-state index is 0.116. The summed E-state index contributed by atoms with van der Waals surface area (Å²) in [6, 6.07) is 5.07. The SMILES string of the molecule is Cc1cccc2nc(C(=O)NC3COCC3C(=O)O)cn12. The Balaban J connectivity index is 1.81. The number of pyridine rings is 1. The molecule has 1 aliphatic rings. The smallest absolute Gasteiger partial charge is 0.311 e. The van der Waals surface area contributed by atoms with E-state index in [1.165, 1.54) is 0 Å². The second kappa shape index (κ2) is 5.17. The van der Waals surface area contributed by atoms with E-state index in [9.17, 15) is 9.59 Å². The van der Waals surface area contributed by atoms with Crippen LogP contribution < -0.4 is 5.32 Å². The molecule has 2 aromatic heterocycles. The van der Waals surface area contributed by atoms with Crippen LogP contribution in [0.1, 0.15) is 16.2 Å². The molecule has 0 bridgehead atoms. The number of carbonyl (C=O) groups excluding carboxylic acids is 1. The van der Waals surface area contributed by atoms with Crippen LogP contribution in [0.4, 0.5) is 0 Å². The zero-order chi connectivity index (χ0) is 15.0. The number of fused-ring (bicyclic) bond motifs is 1. The van der Waals surface area contributed by atoms with Crippen LogP contribution in [0.3, 0.4) is 0 Å². The van der Waals surface area contributed by atoms with E-state index >= 15 is 0 Å². The Morgan fingerprint density at radius 1 is 1.43 bits per heavy atom. The minimum Gasteiger partial charge on any atom is -0.481 e. The van der Waals surface area contributed by atoms with Crippen molar-refractivity contribution in [2.75, 3.05) is 13.2 Å². The van der Waals surface area contributed by atoms with Crippen molar-refractivity contribution < 1.29 is 19.4 Å². The van der Waals surface area contributed by atoms with Gasteiger partial charge in [-0.1, -0.05) is 6.07 Å². The molecule has 2 unspecified atom stereocenters. The largest absolute Gasteiger partial charge is 0.481 e. The number of nitrogens with one attached hydrogen (secondary N) is 1. The quantitative estimate of drug-likeness (QED) is 0.857. The maximum Gasteiger partial charge on any atom is 0.311 e. The van der Waals surface area contributed by atoms with Gasteiger partial charge in [0.1, 0.15) is 17.3 Å². The fourth-order valence-corrected chi connectivity index (χ4v) is 2.44. The molecule has 0 aliphatic carbocycles. The molecule has 0 radical (unpaired) electrons. The van der Waals surface area contributed by atoms with E-state index in [2.05, 4.69) is 10.3 Å². The molecule has 2 atom stereocenters. The monoisotopic (exact) mass is 289 g/mol. The Bertz CT molecular complexity index is 709. The van der Waals surface area contributed by atoms with Crippen LogP contribution in [0.2, 0.25) is 0 Å². The highest BCUT2D eigenvalue weighted by Crippen LogP contribution is 2.15. The van der Waals surface area contributed by atoms with Crippen LogP contribution in [-0.4, -0.2) is 45.6 Å². The van der Waals surface area contributed by atoms with Crippen molar-refractivity contribution in [3.8, 4) is 0 Å². The number of imidazole rings is 1. The highest BCUT2D eigenvalue weighted by Gasteiger charge is 2.35. The molecular formula is C14H15N3O4. The van der Waals surface area contributed by atoms with Crippen molar-refractivity contribution >= 4 is 17.5 Å². The lowest BCUT2D eigenvalue weighted by Crippen LogP contribution is -2.42. The van der Waals surface area contributed by atoms with Gasteiger partial charge in [-0.2, -0.15) is 0 Å². The molecule has 7 nitrogen and oxygen atoms in total. The topological polar surface area (TPSA) is 92.9 Å². The summed E-state index contributed by atoms with van der Waals surface area (Å²) in [4.78, 5) is 27.5. The highest BCUT2D eigenvalue weighted by atomic mass is 16.5. The molecule has 2 N–H and O–H groups in total. The van der Waals surface area contributed by atoms with Gasteiger partial charge in [-0.3, -0.25) is 9.59 Å². The van der Waals surface area contributed by atoms with Gasteiger partial charge in [0.05, 0.1) is 19.3 Å². The van der Waals surface area contributed by atoms with Crippen LogP contribution in [0.5, 0.6) is 0 Å². The first-order valence-corrected chi connectivity index (χ1v) is 6.62. The van der Waals surface area contributed by atoms with Gasteiger partial charge in [0.25, 0.3) is 5.91 Å². The summed E-state index contributed by atoms with van der Waals surface area (Å²) in [5.41, 5.74) is 1.91. The van der Waals surface area contributed by atoms with Gasteiger partial charge in [0.15, 0.2) is 0 Å². The molecule has 1 amide bonds. The molecule has 7 heteroatoms. The van der Waals surface area contributed by atoms with Crippen molar-refractivity contribution in [3.05, 3.63) is 35.8 Å². The van der Waals surface area contributed by atoms with E-state index in [0.717, 1.165) is 5.69 Å². The fraction of sp³-hybridized carbons (Fsp3) is 0.357. The second-order valence-corrected chi connectivity index (χ2v) is 5.08. The predicted molar refractivity (Wildman–Crippen MR) is 73.1 cm³/mol. The van der Waals surface area contributed by atoms with E-state index in [-0.39, 0.29) is 24.8 Å². The maximum atomic E-state index is 12.2. The molecule has 0 saturated carbocycles. The van der Waals surface area contributed by atoms with Crippen molar-refractivity contribution in [2.45, 2.75) is 13.0 Å². The number of aliphatic carboxylic acids is 1. The highest BCUT2D eigenvalue weighted by molar-refractivity contribution is 5.93. The second-order valence-electron chi connectivity index (χ2n) is 5.08. The molecule has 110 valence electrons. The minimum atomic E-state index is -0.969. The van der Waals surface area contributed by atoms with Crippen LogP contribution in [0.15, 0.2) is 24.4 Å². The number of carbonyl (C=O) groups is 2. The number of hydrogen-bond donors (Lipinski definition) is 2. The normalized spacial score (nSPS) is 21.6. The zero-order valence-electron chi connectivity index (χ0n) is 11.4. The first-order chi connectivity index (χ1) is 10.1. The van der Waals surface area contributed by atoms with Gasteiger partial charge in [-0.15, -0.1) is 0 Å². The van der Waals surface area contributed by atoms with Crippen molar-refractivity contribution in [3.63, 3.8) is 0 Å². The van der Waals surface area contributed by atoms with Crippen LogP contribution >= 0.6 is 0 Å². The first kappa shape index (κ1) is 13.6. The van der Waals surface area contributed by atoms with Gasteiger partial charge in [0.2, 0.25) is 0 Å². The number of rotatable bonds is 3. The van der Waals surface area contributed by atoms with Crippen molar-refractivity contribution in [1.29, 1.82) is 0 Å². The van der Waals surface area contributed by atoms with E-state index in [4.69, 9.17) is 9.84 Å². The molecule has 0 spiro atoms. The third kappa shape index (κ3) is 2.47. The lowest BCUT2D eigenvalue weighted by Gasteiger charge is -2.14. The lowest BCUT2D eigenvalue weighted by molar-refractivity contribution is -0.142. The number of carboxylic acid groups (broad SMARTS) is 1. The van der Waals surface area contributed by atoms with Crippen molar-refractivity contribution in [2.24, 2.45) is 5.92 Å². The van der Waals surface area contributed by atoms with E-state index < -0.39 is 17.9 Å². The lowest BCUT2D eigenvalue weighted by atomic mass is 10.0. The van der Waals surface area contributed by atoms with E-state index in [0.29, 0.717) is 5.65 Å². The van der Waals surface area contributed by atoms with Gasteiger partial charge < -0.3 is 19.6 Å². The molecular weight excluding hydrogens is 274 g/mol. The standard InChI is InChI=1S/C14H15N3O4/c1-8-3-2-4-12-15-10(5-17(8)12)13(18)16-11-7-21-6-9(11)14(19)20/h2-5,9,11H,6-7H2,1H3,(H,16,18)(H,19,20). The Labute approximate surface area is 120 Å². The fourth-order valence-electron chi connectivity index (χ4n) is 2.44. The number of aryl methyl sites for hydroxylation is 1. The van der Waals surface area contributed by atoms with Gasteiger partial charge >= 0.3 is 5.97 Å². The zero-order valence-corrected chi connectivity index (χ0v) is 11.4. The third-order valence-electron chi connectivity index (χ3n) is 3.64. The number of ether oxygens (including phenoxy) is 1. The third-order valence-corrected chi connectivity index (χ3v) is 3.64. The summed E-state index contributed by atoms with van der Waals surface area (Å²) in [7, 11) is 0. The predicted octanol–water partition coefficient (Wildman–Crippen LogP) is 0.472. The Kier molecular flexibility index (Phi) is 3.34. The summed E-state index contributed by atoms with van der Waals surface area (Å²) >= 11 is 0. The molecule has 3 rings (SSSR count). The number of nitrogens with zero attached hydrogens (tertiary/aromatic N) is 2. The summed E-state index contributed by atoms with van der Waals surface area (Å²) < 4.78 is 6.94. The average Bonchev–Trinajstić information content (AvgIpc) is 3.05. The molecule has 0 aromatic carbocycles. The Morgan fingerprint density at radius 3 is 2.95 bits per heavy atom. The molecule has 3 heterocycles. The summed E-state index contributed by atoms with van der Waals surface area (Å²) in [5.74, 6) is -2.07. The van der Waals surface area contributed by atoms with E-state index in [1.807, 2.05) is 29.5 Å². The van der Waals surface area contributed by atoms with Crippen LogP contribution in [0, 0.1) is 12.8 Å². The van der Waals surface area contributed by atoms with Crippen LogP contribution in [0.25, 0.3) is 5.65 Å². The van der Waals surface area contributed by atoms with E-state index in [1.54, 1.807) is 6.20 Å². The van der Waals surface area contributed by atoms with Crippen LogP contribution in [-0.2, 0) is 9.53 Å². The molecule has 1 aliphatic heterocycles. The maximum absolute atomic E-state index is 12.2. The average molecular weight is 289 g/mol. The number of aromatic nitrogens is 2. The number of hydrogen-bond acceptors (Lipinski definition) is 4. The first-order valence-electron chi connectivity index (χ1n) is 6.62. The molecule has 21 heavy (non-hydrogen) atoms.